The Morgan fingerprint density at radius 3 is 2.41 bits per heavy atom. The molecule has 0 saturated heterocycles. The van der Waals surface area contributed by atoms with Gasteiger partial charge in [-0.15, -0.1) is 0 Å². The SMILES string of the molecule is C[C@@H]1[C@](C)(C#N)CC[C@]1(C)OC(=O)c1ccc([N+](=O)[O-])cc1. The van der Waals surface area contributed by atoms with Crippen LogP contribution in [0.1, 0.15) is 44.0 Å². The van der Waals surface area contributed by atoms with Gasteiger partial charge in [-0.05, 0) is 38.8 Å². The Morgan fingerprint density at radius 2 is 1.95 bits per heavy atom. The standard InChI is InChI=1S/C16H18N2O4/c1-11-15(2,10-17)8-9-16(11,3)22-14(19)12-4-6-13(7-5-12)18(20)21/h4-7,11H,8-9H2,1-3H3/t11-,15+,16+/m1/s1. The Bertz CT molecular complexity index is 649. The number of carbonyl (C=O) groups is 1. The molecule has 1 saturated carbocycles. The number of nitriles is 1. The van der Waals surface area contributed by atoms with Crippen molar-refractivity contribution in [2.24, 2.45) is 11.3 Å². The highest BCUT2D eigenvalue weighted by molar-refractivity contribution is 5.90. The Labute approximate surface area is 128 Å². The molecule has 1 aromatic carbocycles. The number of hydrogen-bond acceptors (Lipinski definition) is 5. The predicted molar refractivity (Wildman–Crippen MR) is 79.0 cm³/mol. The fraction of sp³-hybridized carbons (Fsp3) is 0.500. The summed E-state index contributed by atoms with van der Waals surface area (Å²) in [7, 11) is 0. The lowest BCUT2D eigenvalue weighted by Crippen LogP contribution is -2.38. The van der Waals surface area contributed by atoms with E-state index in [2.05, 4.69) is 6.07 Å². The molecule has 0 unspecified atom stereocenters. The van der Waals surface area contributed by atoms with Gasteiger partial charge in [0.25, 0.3) is 5.69 Å². The van der Waals surface area contributed by atoms with E-state index < -0.39 is 21.9 Å². The highest BCUT2D eigenvalue weighted by atomic mass is 16.6. The number of esters is 1. The molecular formula is C16H18N2O4. The van der Waals surface area contributed by atoms with Crippen LogP contribution in [0.3, 0.4) is 0 Å². The van der Waals surface area contributed by atoms with Crippen molar-refractivity contribution in [3.63, 3.8) is 0 Å². The van der Waals surface area contributed by atoms with Crippen LogP contribution in [0.5, 0.6) is 0 Å². The first-order valence-electron chi connectivity index (χ1n) is 7.11. The Kier molecular flexibility index (Phi) is 3.92. The molecule has 0 heterocycles. The second kappa shape index (κ2) is 5.41. The van der Waals surface area contributed by atoms with Gasteiger partial charge in [-0.1, -0.05) is 6.92 Å². The largest absolute Gasteiger partial charge is 0.455 e. The maximum atomic E-state index is 12.3. The highest BCUT2D eigenvalue weighted by Gasteiger charge is 2.52. The van der Waals surface area contributed by atoms with Gasteiger partial charge in [-0.3, -0.25) is 10.1 Å². The van der Waals surface area contributed by atoms with Crippen LogP contribution < -0.4 is 0 Å². The van der Waals surface area contributed by atoms with E-state index in [1.807, 2.05) is 20.8 Å². The molecule has 0 aromatic heterocycles. The molecule has 6 heteroatoms. The van der Waals surface area contributed by atoms with Crippen LogP contribution in [-0.2, 0) is 4.74 Å². The van der Waals surface area contributed by atoms with E-state index in [4.69, 9.17) is 4.74 Å². The van der Waals surface area contributed by atoms with Crippen LogP contribution in [-0.4, -0.2) is 16.5 Å². The number of nitro groups is 1. The molecule has 6 nitrogen and oxygen atoms in total. The summed E-state index contributed by atoms with van der Waals surface area (Å²) in [5.41, 5.74) is -1.02. The molecule has 22 heavy (non-hydrogen) atoms. The van der Waals surface area contributed by atoms with Gasteiger partial charge in [0.1, 0.15) is 5.60 Å². The average molecular weight is 302 g/mol. The predicted octanol–water partition coefficient (Wildman–Crippen LogP) is 3.47. The van der Waals surface area contributed by atoms with Gasteiger partial charge in [0, 0.05) is 18.1 Å². The van der Waals surface area contributed by atoms with Crippen molar-refractivity contribution in [2.75, 3.05) is 0 Å². The molecule has 1 aliphatic rings. The number of non-ortho nitro benzene ring substituents is 1. The van der Waals surface area contributed by atoms with Crippen molar-refractivity contribution in [3.05, 3.63) is 39.9 Å². The zero-order chi connectivity index (χ0) is 16.5. The van der Waals surface area contributed by atoms with E-state index in [1.165, 1.54) is 24.3 Å². The van der Waals surface area contributed by atoms with Gasteiger partial charge in [0.15, 0.2) is 0 Å². The van der Waals surface area contributed by atoms with E-state index in [-0.39, 0.29) is 17.2 Å². The number of hydrogen-bond donors (Lipinski definition) is 0. The number of benzene rings is 1. The lowest BCUT2D eigenvalue weighted by molar-refractivity contribution is -0.384. The van der Waals surface area contributed by atoms with Crippen LogP contribution in [0.2, 0.25) is 0 Å². The van der Waals surface area contributed by atoms with E-state index in [1.54, 1.807) is 0 Å². The first-order valence-corrected chi connectivity index (χ1v) is 7.11. The van der Waals surface area contributed by atoms with Gasteiger partial charge < -0.3 is 4.74 Å². The van der Waals surface area contributed by atoms with E-state index in [9.17, 15) is 20.2 Å². The second-order valence-corrected chi connectivity index (χ2v) is 6.26. The third kappa shape index (κ3) is 2.67. The normalized spacial score (nSPS) is 30.5. The minimum atomic E-state index is -0.705. The summed E-state index contributed by atoms with van der Waals surface area (Å²) >= 11 is 0. The zero-order valence-corrected chi connectivity index (χ0v) is 12.8. The van der Waals surface area contributed by atoms with E-state index in [0.29, 0.717) is 12.8 Å². The Hall–Kier alpha value is -2.42. The second-order valence-electron chi connectivity index (χ2n) is 6.26. The fourth-order valence-corrected chi connectivity index (χ4v) is 2.90. The van der Waals surface area contributed by atoms with Crippen molar-refractivity contribution in [1.82, 2.24) is 0 Å². The van der Waals surface area contributed by atoms with Gasteiger partial charge in [0.2, 0.25) is 0 Å². The van der Waals surface area contributed by atoms with Crippen molar-refractivity contribution in [2.45, 2.75) is 39.2 Å². The number of carbonyl (C=O) groups excluding carboxylic acids is 1. The monoisotopic (exact) mass is 302 g/mol. The van der Waals surface area contributed by atoms with Crippen LogP contribution in [0, 0.1) is 32.8 Å². The smallest absolute Gasteiger partial charge is 0.338 e. The van der Waals surface area contributed by atoms with Crippen molar-refractivity contribution >= 4 is 11.7 Å². The lowest BCUT2D eigenvalue weighted by atomic mass is 9.78. The summed E-state index contributed by atoms with van der Waals surface area (Å²) in [6, 6.07) is 7.62. The highest BCUT2D eigenvalue weighted by Crippen LogP contribution is 2.50. The molecule has 3 atom stereocenters. The van der Waals surface area contributed by atoms with Gasteiger partial charge in [-0.25, -0.2) is 4.79 Å². The zero-order valence-electron chi connectivity index (χ0n) is 12.8. The number of rotatable bonds is 3. The van der Waals surface area contributed by atoms with E-state index >= 15 is 0 Å². The quantitative estimate of drug-likeness (QED) is 0.484. The first kappa shape index (κ1) is 16.0. The maximum absolute atomic E-state index is 12.3. The molecule has 0 radical (unpaired) electrons. The van der Waals surface area contributed by atoms with Gasteiger partial charge in [0.05, 0.1) is 22.0 Å². The van der Waals surface area contributed by atoms with Crippen LogP contribution in [0.4, 0.5) is 5.69 Å². The molecule has 0 N–H and O–H groups in total. The fourth-order valence-electron chi connectivity index (χ4n) is 2.90. The average Bonchev–Trinajstić information content (AvgIpc) is 2.73. The summed E-state index contributed by atoms with van der Waals surface area (Å²) < 4.78 is 5.63. The number of nitrogens with zero attached hydrogens (tertiary/aromatic N) is 2. The molecule has 0 amide bonds. The molecule has 0 aliphatic heterocycles. The summed E-state index contributed by atoms with van der Waals surface area (Å²) in [5, 5.41) is 19.9. The van der Waals surface area contributed by atoms with Crippen molar-refractivity contribution in [1.29, 1.82) is 5.26 Å². The topological polar surface area (TPSA) is 93.2 Å². The summed E-state index contributed by atoms with van der Waals surface area (Å²) in [6.45, 7) is 5.63. The molecular weight excluding hydrogens is 284 g/mol. The summed E-state index contributed by atoms with van der Waals surface area (Å²) in [6.07, 6.45) is 1.30. The van der Waals surface area contributed by atoms with Crippen LogP contribution >= 0.6 is 0 Å². The minimum absolute atomic E-state index is 0.0750. The Balaban J connectivity index is 2.15. The van der Waals surface area contributed by atoms with Crippen molar-refractivity contribution < 1.29 is 14.5 Å². The number of ether oxygens (including phenoxy) is 1. The van der Waals surface area contributed by atoms with Gasteiger partial charge in [-0.2, -0.15) is 5.26 Å². The molecule has 2 rings (SSSR count). The molecule has 116 valence electrons. The van der Waals surface area contributed by atoms with Crippen molar-refractivity contribution in [3.8, 4) is 6.07 Å². The number of nitro benzene ring substituents is 1. The molecule has 0 bridgehead atoms. The first-order chi connectivity index (χ1) is 10.2. The third-order valence-corrected chi connectivity index (χ3v) is 4.91. The Morgan fingerprint density at radius 1 is 1.36 bits per heavy atom. The van der Waals surface area contributed by atoms with Gasteiger partial charge >= 0.3 is 5.97 Å². The third-order valence-electron chi connectivity index (χ3n) is 4.91. The molecule has 1 aliphatic carbocycles. The lowest BCUT2D eigenvalue weighted by Gasteiger charge is -2.33. The van der Waals surface area contributed by atoms with Crippen LogP contribution in [0.25, 0.3) is 0 Å². The molecule has 1 aromatic rings. The minimum Gasteiger partial charge on any atom is -0.455 e. The van der Waals surface area contributed by atoms with E-state index in [0.717, 1.165) is 0 Å². The molecule has 1 fully saturated rings. The summed E-state index contributed by atoms with van der Waals surface area (Å²) in [5.74, 6) is -0.613. The summed E-state index contributed by atoms with van der Waals surface area (Å²) in [4.78, 5) is 22.4. The maximum Gasteiger partial charge on any atom is 0.338 e. The molecule has 0 spiro atoms. The van der Waals surface area contributed by atoms with Crippen LogP contribution in [0.15, 0.2) is 24.3 Å².